The van der Waals surface area contributed by atoms with E-state index in [4.69, 9.17) is 9.47 Å². The molecule has 3 rings (SSSR count). The Balaban J connectivity index is 2.16. The van der Waals surface area contributed by atoms with E-state index >= 15 is 0 Å². The molecule has 1 N–H and O–H groups in total. The summed E-state index contributed by atoms with van der Waals surface area (Å²) in [6.07, 6.45) is 2.55. The van der Waals surface area contributed by atoms with Crippen LogP contribution in [0.4, 0.5) is 0 Å². The van der Waals surface area contributed by atoms with E-state index in [2.05, 4.69) is 20.8 Å². The molecule has 0 amide bonds. The molecule has 1 fully saturated rings. The lowest BCUT2D eigenvalue weighted by Gasteiger charge is -2.40. The van der Waals surface area contributed by atoms with Crippen molar-refractivity contribution in [2.75, 3.05) is 20.8 Å². The van der Waals surface area contributed by atoms with E-state index in [0.29, 0.717) is 17.9 Å². The first kappa shape index (κ1) is 19.7. The lowest BCUT2D eigenvalue weighted by molar-refractivity contribution is -0.145. The fraction of sp³-hybridized carbons (Fsp3) is 0.381. The predicted octanol–water partition coefficient (Wildman–Crippen LogP) is 4.49. The topological polar surface area (TPSA) is 59.0 Å². The Morgan fingerprint density at radius 2 is 1.89 bits per heavy atom. The number of aliphatic carboxylic acids is 1. The maximum Gasteiger partial charge on any atom is 0.320 e. The summed E-state index contributed by atoms with van der Waals surface area (Å²) in [4.78, 5) is 14.0. The van der Waals surface area contributed by atoms with Crippen LogP contribution in [0.2, 0.25) is 0 Å². The fourth-order valence-corrected chi connectivity index (χ4v) is 4.11. The Bertz CT molecular complexity index is 793. The number of hydrogen-bond acceptors (Lipinski definition) is 4. The molecular weight excluding hydrogens is 410 g/mol. The van der Waals surface area contributed by atoms with Crippen LogP contribution >= 0.6 is 15.9 Å². The maximum atomic E-state index is 12.0. The molecule has 1 saturated heterocycles. The monoisotopic (exact) mass is 433 g/mol. The van der Waals surface area contributed by atoms with E-state index in [0.717, 1.165) is 35.0 Å². The van der Waals surface area contributed by atoms with Crippen LogP contribution in [0.15, 0.2) is 46.9 Å². The molecule has 0 spiro atoms. The first-order valence-electron chi connectivity index (χ1n) is 9.01. The van der Waals surface area contributed by atoms with Crippen molar-refractivity contribution in [3.63, 3.8) is 0 Å². The Kier molecular flexibility index (Phi) is 6.39. The van der Waals surface area contributed by atoms with Crippen LogP contribution in [0.1, 0.15) is 36.4 Å². The Morgan fingerprint density at radius 3 is 2.52 bits per heavy atom. The van der Waals surface area contributed by atoms with Gasteiger partial charge in [0.25, 0.3) is 0 Å². The molecule has 0 aliphatic carbocycles. The second kappa shape index (κ2) is 8.76. The number of carboxylic acid groups (broad SMARTS) is 1. The van der Waals surface area contributed by atoms with Crippen molar-refractivity contribution < 1.29 is 19.4 Å². The second-order valence-corrected chi connectivity index (χ2v) is 7.54. The van der Waals surface area contributed by atoms with Crippen molar-refractivity contribution in [1.82, 2.24) is 4.90 Å². The van der Waals surface area contributed by atoms with Gasteiger partial charge in [-0.2, -0.15) is 0 Å². The average molecular weight is 434 g/mol. The summed E-state index contributed by atoms with van der Waals surface area (Å²) >= 11 is 3.48. The molecule has 5 nitrogen and oxygen atoms in total. The molecule has 6 heteroatoms. The van der Waals surface area contributed by atoms with Gasteiger partial charge in [-0.05, 0) is 43.1 Å². The number of nitrogens with zero attached hydrogens (tertiary/aromatic N) is 1. The number of para-hydroxylation sites is 1. The Hall–Kier alpha value is -2.05. The lowest BCUT2D eigenvalue weighted by Crippen LogP contribution is -2.46. The third-order valence-electron chi connectivity index (χ3n) is 5.07. The normalized spacial score (nSPS) is 18.7. The van der Waals surface area contributed by atoms with Gasteiger partial charge in [-0.1, -0.05) is 46.6 Å². The van der Waals surface area contributed by atoms with Gasteiger partial charge in [-0.25, -0.2) is 0 Å². The smallest absolute Gasteiger partial charge is 0.320 e. The van der Waals surface area contributed by atoms with E-state index in [1.54, 1.807) is 14.2 Å². The molecule has 0 radical (unpaired) electrons. The number of methoxy groups -OCH3 is 2. The zero-order chi connectivity index (χ0) is 19.4. The standard InChI is InChI=1S/C21H24BrNO4/c1-26-18-8-5-6-16(20(18)27-2)19(14-9-11-15(22)12-10-14)23-13-4-3-7-17(23)21(24)25/h5-6,8-12,17,19H,3-4,7,13H2,1-2H3,(H,24,25). The van der Waals surface area contributed by atoms with Crippen LogP contribution in [0, 0.1) is 0 Å². The van der Waals surface area contributed by atoms with E-state index in [1.165, 1.54) is 0 Å². The fourth-order valence-electron chi connectivity index (χ4n) is 3.85. The number of benzene rings is 2. The van der Waals surface area contributed by atoms with Gasteiger partial charge in [0, 0.05) is 10.0 Å². The van der Waals surface area contributed by atoms with Crippen molar-refractivity contribution >= 4 is 21.9 Å². The largest absolute Gasteiger partial charge is 0.493 e. The summed E-state index contributed by atoms with van der Waals surface area (Å²) in [6.45, 7) is 0.720. The van der Waals surface area contributed by atoms with Crippen molar-refractivity contribution in [1.29, 1.82) is 0 Å². The minimum absolute atomic E-state index is 0.232. The number of carboxylic acids is 1. The molecule has 2 unspecified atom stereocenters. The zero-order valence-corrected chi connectivity index (χ0v) is 17.1. The molecule has 1 heterocycles. The molecule has 0 bridgehead atoms. The number of ether oxygens (including phenoxy) is 2. The molecule has 2 atom stereocenters. The summed E-state index contributed by atoms with van der Waals surface area (Å²) in [7, 11) is 3.22. The molecule has 2 aromatic carbocycles. The number of piperidine rings is 1. The highest BCUT2D eigenvalue weighted by Gasteiger charge is 2.36. The van der Waals surface area contributed by atoms with Gasteiger partial charge in [-0.15, -0.1) is 0 Å². The number of likely N-dealkylation sites (tertiary alicyclic amines) is 1. The molecule has 0 aromatic heterocycles. The number of hydrogen-bond donors (Lipinski definition) is 1. The van der Waals surface area contributed by atoms with E-state index < -0.39 is 12.0 Å². The molecule has 1 aliphatic heterocycles. The van der Waals surface area contributed by atoms with Gasteiger partial charge >= 0.3 is 5.97 Å². The highest BCUT2D eigenvalue weighted by molar-refractivity contribution is 9.10. The molecule has 1 aliphatic rings. The Morgan fingerprint density at radius 1 is 1.15 bits per heavy atom. The van der Waals surface area contributed by atoms with Crippen molar-refractivity contribution in [2.45, 2.75) is 31.3 Å². The SMILES string of the molecule is COc1cccc(C(c2ccc(Br)cc2)N2CCCCC2C(=O)O)c1OC. The number of carbonyl (C=O) groups is 1. The summed E-state index contributed by atoms with van der Waals surface area (Å²) in [5.74, 6) is 0.502. The van der Waals surface area contributed by atoms with Gasteiger partial charge in [0.15, 0.2) is 11.5 Å². The van der Waals surface area contributed by atoms with Gasteiger partial charge in [-0.3, -0.25) is 9.69 Å². The average Bonchev–Trinajstić information content (AvgIpc) is 2.69. The van der Waals surface area contributed by atoms with Gasteiger partial charge < -0.3 is 14.6 Å². The molecule has 27 heavy (non-hydrogen) atoms. The third-order valence-corrected chi connectivity index (χ3v) is 5.60. The summed E-state index contributed by atoms with van der Waals surface area (Å²) in [5, 5.41) is 9.82. The minimum atomic E-state index is -0.779. The van der Waals surface area contributed by atoms with Crippen LogP contribution in [0.5, 0.6) is 11.5 Å². The molecule has 144 valence electrons. The van der Waals surface area contributed by atoms with E-state index in [-0.39, 0.29) is 6.04 Å². The highest BCUT2D eigenvalue weighted by Crippen LogP contribution is 2.42. The third kappa shape index (κ3) is 4.12. The summed E-state index contributed by atoms with van der Waals surface area (Å²) in [5.41, 5.74) is 1.94. The van der Waals surface area contributed by atoms with Crippen LogP contribution in [0.25, 0.3) is 0 Å². The summed E-state index contributed by atoms with van der Waals surface area (Å²) in [6, 6.07) is 13.0. The van der Waals surface area contributed by atoms with Crippen molar-refractivity contribution in [3.8, 4) is 11.5 Å². The maximum absolute atomic E-state index is 12.0. The first-order chi connectivity index (χ1) is 13.1. The minimum Gasteiger partial charge on any atom is -0.493 e. The first-order valence-corrected chi connectivity index (χ1v) is 9.81. The van der Waals surface area contributed by atoms with Crippen molar-refractivity contribution in [2.24, 2.45) is 0 Å². The highest BCUT2D eigenvalue weighted by atomic mass is 79.9. The van der Waals surface area contributed by atoms with Gasteiger partial charge in [0.05, 0.1) is 20.3 Å². The molecule has 0 saturated carbocycles. The predicted molar refractivity (Wildman–Crippen MR) is 108 cm³/mol. The Labute approximate surface area is 168 Å². The van der Waals surface area contributed by atoms with Gasteiger partial charge in [0.1, 0.15) is 6.04 Å². The molecule has 2 aromatic rings. The summed E-state index contributed by atoms with van der Waals surface area (Å²) < 4.78 is 12.1. The number of halogens is 1. The van der Waals surface area contributed by atoms with E-state index in [1.807, 2.05) is 42.5 Å². The van der Waals surface area contributed by atoms with Gasteiger partial charge in [0.2, 0.25) is 0 Å². The lowest BCUT2D eigenvalue weighted by atomic mass is 9.91. The van der Waals surface area contributed by atoms with Crippen LogP contribution in [-0.2, 0) is 4.79 Å². The number of rotatable bonds is 6. The van der Waals surface area contributed by atoms with Crippen LogP contribution < -0.4 is 9.47 Å². The second-order valence-electron chi connectivity index (χ2n) is 6.62. The van der Waals surface area contributed by atoms with Crippen LogP contribution in [-0.4, -0.2) is 42.8 Å². The quantitative estimate of drug-likeness (QED) is 0.726. The van der Waals surface area contributed by atoms with E-state index in [9.17, 15) is 9.90 Å². The van der Waals surface area contributed by atoms with Crippen molar-refractivity contribution in [3.05, 3.63) is 58.1 Å². The zero-order valence-electron chi connectivity index (χ0n) is 15.5. The molecular formula is C21H24BrNO4. The van der Waals surface area contributed by atoms with Crippen LogP contribution in [0.3, 0.4) is 0 Å².